The largest absolute Gasteiger partial charge is 0.507 e. The number of aromatic carboxylic acids is 1. The molecular formula is C17H9F3N2O3. The Hall–Kier alpha value is -3.47. The number of aromatic amines is 1. The topological polar surface area (TPSA) is 77.7 Å². The van der Waals surface area contributed by atoms with Gasteiger partial charge in [-0.2, -0.15) is 13.2 Å². The van der Waals surface area contributed by atoms with Crippen molar-refractivity contribution in [2.45, 2.75) is 6.18 Å². The molecule has 8 heteroatoms. The molecule has 0 saturated heterocycles. The van der Waals surface area contributed by atoms with Crippen molar-refractivity contribution in [2.75, 3.05) is 0 Å². The number of carboxylic acid groups (broad SMARTS) is 1. The first-order valence-corrected chi connectivity index (χ1v) is 6.89. The summed E-state index contributed by atoms with van der Waals surface area (Å²) in [5.74, 6) is -1.84. The summed E-state index contributed by atoms with van der Waals surface area (Å²) >= 11 is 0. The second-order valence-corrected chi connectivity index (χ2v) is 5.28. The van der Waals surface area contributed by atoms with Crippen LogP contribution in [0.1, 0.15) is 16.1 Å². The number of carbonyl (C=O) groups is 1. The van der Waals surface area contributed by atoms with Gasteiger partial charge in [-0.1, -0.05) is 6.07 Å². The fourth-order valence-corrected chi connectivity index (χ4v) is 2.56. The molecular weight excluding hydrogens is 337 g/mol. The minimum absolute atomic E-state index is 0.111. The molecule has 0 fully saturated rings. The van der Waals surface area contributed by atoms with Gasteiger partial charge in [-0.05, 0) is 41.5 Å². The van der Waals surface area contributed by atoms with E-state index < -0.39 is 23.6 Å². The van der Waals surface area contributed by atoms with Crippen molar-refractivity contribution in [3.8, 4) is 16.9 Å². The number of phenols is 1. The molecule has 0 aliphatic heterocycles. The molecule has 0 spiro atoms. The zero-order valence-electron chi connectivity index (χ0n) is 12.3. The number of H-pyrrole nitrogens is 1. The van der Waals surface area contributed by atoms with E-state index in [0.29, 0.717) is 5.56 Å². The summed E-state index contributed by atoms with van der Waals surface area (Å²) in [4.78, 5) is 16.4. The van der Waals surface area contributed by atoms with Crippen LogP contribution in [-0.2, 0) is 6.18 Å². The number of hydrogen-bond donors (Lipinski definition) is 3. The molecule has 0 saturated carbocycles. The lowest BCUT2D eigenvalue weighted by atomic mass is 9.99. The summed E-state index contributed by atoms with van der Waals surface area (Å²) in [6.45, 7) is 7.10. The van der Waals surface area contributed by atoms with Crippen LogP contribution in [0.4, 0.5) is 18.9 Å². The van der Waals surface area contributed by atoms with Crippen LogP contribution in [0.2, 0.25) is 0 Å². The predicted molar refractivity (Wildman–Crippen MR) is 83.6 cm³/mol. The number of aromatic hydroxyl groups is 1. The molecule has 1 aromatic heterocycles. The van der Waals surface area contributed by atoms with E-state index in [4.69, 9.17) is 11.7 Å². The zero-order chi connectivity index (χ0) is 18.4. The first kappa shape index (κ1) is 16.4. The first-order valence-electron chi connectivity index (χ1n) is 6.89. The van der Waals surface area contributed by atoms with Crippen LogP contribution in [0.15, 0.2) is 36.4 Å². The molecule has 0 atom stereocenters. The number of alkyl halides is 3. The average Bonchev–Trinajstić information content (AvgIpc) is 2.97. The average molecular weight is 346 g/mol. The maximum absolute atomic E-state index is 13.0. The lowest BCUT2D eigenvalue weighted by molar-refractivity contribution is -0.140. The van der Waals surface area contributed by atoms with Crippen LogP contribution in [0.5, 0.6) is 5.75 Å². The van der Waals surface area contributed by atoms with Crippen LogP contribution in [0.3, 0.4) is 0 Å². The molecule has 5 nitrogen and oxygen atoms in total. The Balaban J connectivity index is 2.28. The molecule has 1 heterocycles. The van der Waals surface area contributed by atoms with Crippen LogP contribution in [-0.4, -0.2) is 21.2 Å². The second kappa shape index (κ2) is 5.56. The molecule has 0 aliphatic carbocycles. The van der Waals surface area contributed by atoms with E-state index in [9.17, 15) is 23.1 Å². The van der Waals surface area contributed by atoms with Gasteiger partial charge in [-0.25, -0.2) is 9.64 Å². The molecule has 0 unspecified atom stereocenters. The van der Waals surface area contributed by atoms with E-state index in [1.165, 1.54) is 18.2 Å². The van der Waals surface area contributed by atoms with Crippen molar-refractivity contribution in [1.29, 1.82) is 0 Å². The Bertz CT molecular complexity index is 1050. The normalized spacial score (nSPS) is 11.4. The highest BCUT2D eigenvalue weighted by atomic mass is 19.4. The van der Waals surface area contributed by atoms with Crippen LogP contribution >= 0.6 is 0 Å². The molecule has 0 amide bonds. The van der Waals surface area contributed by atoms with Crippen LogP contribution in [0, 0.1) is 6.57 Å². The van der Waals surface area contributed by atoms with Gasteiger partial charge in [0.15, 0.2) is 5.69 Å². The Morgan fingerprint density at radius 1 is 1.16 bits per heavy atom. The summed E-state index contributed by atoms with van der Waals surface area (Å²) in [6.07, 6.45) is -4.58. The summed E-state index contributed by atoms with van der Waals surface area (Å²) in [7, 11) is 0. The monoisotopic (exact) mass is 346 g/mol. The van der Waals surface area contributed by atoms with Gasteiger partial charge in [-0.15, -0.1) is 0 Å². The Morgan fingerprint density at radius 2 is 1.88 bits per heavy atom. The SMILES string of the molecule is [C-]#[N+]c1cc(-c2ccc(C(=O)O)c(O)c2)c2cc(C(F)(F)F)[nH]c2c1. The first-order chi connectivity index (χ1) is 11.7. The molecule has 2 aromatic carbocycles. The number of nitrogens with zero attached hydrogens (tertiary/aromatic N) is 1. The quantitative estimate of drug-likeness (QED) is 0.583. The van der Waals surface area contributed by atoms with E-state index in [0.717, 1.165) is 18.2 Å². The molecule has 25 heavy (non-hydrogen) atoms. The Kier molecular flexibility index (Phi) is 3.64. The number of rotatable bonds is 2. The van der Waals surface area contributed by atoms with Crippen molar-refractivity contribution in [2.24, 2.45) is 0 Å². The lowest BCUT2D eigenvalue weighted by Gasteiger charge is -2.07. The fourth-order valence-electron chi connectivity index (χ4n) is 2.56. The number of halogens is 3. The van der Waals surface area contributed by atoms with Crippen molar-refractivity contribution in [3.63, 3.8) is 0 Å². The molecule has 0 bridgehead atoms. The van der Waals surface area contributed by atoms with Crippen LogP contribution < -0.4 is 0 Å². The molecule has 0 radical (unpaired) electrons. The highest BCUT2D eigenvalue weighted by Crippen LogP contribution is 2.39. The van der Waals surface area contributed by atoms with Crippen LogP contribution in [0.25, 0.3) is 26.9 Å². The highest BCUT2D eigenvalue weighted by molar-refractivity contribution is 6.00. The third kappa shape index (κ3) is 2.87. The second-order valence-electron chi connectivity index (χ2n) is 5.28. The van der Waals surface area contributed by atoms with Crippen molar-refractivity contribution in [3.05, 3.63) is 59.1 Å². The summed E-state index contributed by atoms with van der Waals surface area (Å²) in [5.41, 5.74) is -0.477. The van der Waals surface area contributed by atoms with Crippen molar-refractivity contribution in [1.82, 2.24) is 4.98 Å². The third-order valence-electron chi connectivity index (χ3n) is 3.70. The fraction of sp³-hybridized carbons (Fsp3) is 0.0588. The minimum atomic E-state index is -4.58. The van der Waals surface area contributed by atoms with Gasteiger partial charge >= 0.3 is 12.1 Å². The van der Waals surface area contributed by atoms with E-state index in [2.05, 4.69) is 9.83 Å². The molecule has 3 rings (SSSR count). The van der Waals surface area contributed by atoms with Crippen molar-refractivity contribution >= 4 is 22.6 Å². The number of aromatic nitrogens is 1. The Labute approximate surface area is 138 Å². The third-order valence-corrected chi connectivity index (χ3v) is 3.70. The number of nitrogens with one attached hydrogen (secondary N) is 1. The molecule has 3 N–H and O–H groups in total. The van der Waals surface area contributed by atoms with E-state index >= 15 is 0 Å². The van der Waals surface area contributed by atoms with E-state index in [1.807, 2.05) is 0 Å². The highest BCUT2D eigenvalue weighted by Gasteiger charge is 2.33. The van der Waals surface area contributed by atoms with Gasteiger partial charge in [0.1, 0.15) is 17.0 Å². The van der Waals surface area contributed by atoms with Gasteiger partial charge in [0.05, 0.1) is 6.57 Å². The van der Waals surface area contributed by atoms with Gasteiger partial charge < -0.3 is 15.2 Å². The van der Waals surface area contributed by atoms with E-state index in [1.54, 1.807) is 0 Å². The van der Waals surface area contributed by atoms with Gasteiger partial charge in [0.2, 0.25) is 0 Å². The number of benzene rings is 2. The standard InChI is InChI=1S/C17H9F3N2O3/c1-21-9-5-11(8-2-3-10(16(24)25)14(23)4-8)12-7-15(17(18,19)20)22-13(12)6-9/h2-7,22-23H,(H,24,25). The number of carboxylic acids is 1. The van der Waals surface area contributed by atoms with Gasteiger partial charge in [-0.3, -0.25) is 0 Å². The molecule has 0 aliphatic rings. The summed E-state index contributed by atoms with van der Waals surface area (Å²) < 4.78 is 38.9. The predicted octanol–water partition coefficient (Wildman–Crippen LogP) is 4.81. The molecule has 126 valence electrons. The van der Waals surface area contributed by atoms with Gasteiger partial charge in [0, 0.05) is 10.9 Å². The maximum atomic E-state index is 13.0. The summed E-state index contributed by atoms with van der Waals surface area (Å²) in [6, 6.07) is 7.27. The van der Waals surface area contributed by atoms with Gasteiger partial charge in [0.25, 0.3) is 0 Å². The van der Waals surface area contributed by atoms with E-state index in [-0.39, 0.29) is 27.7 Å². The van der Waals surface area contributed by atoms with Crippen molar-refractivity contribution < 1.29 is 28.2 Å². The number of fused-ring (bicyclic) bond motifs is 1. The maximum Gasteiger partial charge on any atom is 0.431 e. The molecule has 3 aromatic rings. The number of hydrogen-bond acceptors (Lipinski definition) is 2. The minimum Gasteiger partial charge on any atom is -0.507 e. The summed E-state index contributed by atoms with van der Waals surface area (Å²) in [5, 5.41) is 19.0. The zero-order valence-corrected chi connectivity index (χ0v) is 12.3. The Morgan fingerprint density at radius 3 is 2.44 bits per heavy atom. The lowest BCUT2D eigenvalue weighted by Crippen LogP contribution is -2.04. The smallest absolute Gasteiger partial charge is 0.431 e.